The summed E-state index contributed by atoms with van der Waals surface area (Å²) in [6, 6.07) is -0.474. The van der Waals surface area contributed by atoms with E-state index in [0.29, 0.717) is 17.8 Å². The molecular formula is C13H19N3O3S. The van der Waals surface area contributed by atoms with Crippen LogP contribution in [0.4, 0.5) is 0 Å². The number of amides is 1. The van der Waals surface area contributed by atoms with Gasteiger partial charge in [-0.25, -0.2) is 4.79 Å². The Balaban J connectivity index is 2.21. The lowest BCUT2D eigenvalue weighted by atomic mass is 10.0. The maximum atomic E-state index is 12.6. The number of aromatic nitrogens is 2. The Morgan fingerprint density at radius 3 is 2.95 bits per heavy atom. The zero-order chi connectivity index (χ0) is 14.5. The molecule has 0 aliphatic carbocycles. The molecule has 2 heterocycles. The van der Waals surface area contributed by atoms with Gasteiger partial charge in [-0.15, -0.1) is 5.10 Å². The van der Waals surface area contributed by atoms with Gasteiger partial charge in [-0.3, -0.25) is 4.79 Å². The van der Waals surface area contributed by atoms with Crippen molar-refractivity contribution in [2.24, 2.45) is 0 Å². The summed E-state index contributed by atoms with van der Waals surface area (Å²) in [6.07, 6.45) is 4.15. The van der Waals surface area contributed by atoms with Crippen LogP contribution in [0.3, 0.4) is 0 Å². The number of rotatable bonds is 4. The van der Waals surface area contributed by atoms with E-state index in [4.69, 9.17) is 4.74 Å². The van der Waals surface area contributed by atoms with Crippen molar-refractivity contribution in [1.82, 2.24) is 14.5 Å². The van der Waals surface area contributed by atoms with Crippen LogP contribution in [0.5, 0.6) is 0 Å². The van der Waals surface area contributed by atoms with Gasteiger partial charge in [0.1, 0.15) is 10.9 Å². The summed E-state index contributed by atoms with van der Waals surface area (Å²) >= 11 is 1.11. The summed E-state index contributed by atoms with van der Waals surface area (Å²) in [4.78, 5) is 26.6. The fourth-order valence-electron chi connectivity index (χ4n) is 2.46. The third kappa shape index (κ3) is 2.98. The van der Waals surface area contributed by atoms with E-state index in [9.17, 15) is 9.59 Å². The minimum atomic E-state index is -0.474. The fraction of sp³-hybridized carbons (Fsp3) is 0.692. The van der Waals surface area contributed by atoms with Crippen molar-refractivity contribution in [2.75, 3.05) is 13.7 Å². The van der Waals surface area contributed by atoms with Gasteiger partial charge in [0.25, 0.3) is 5.91 Å². The quantitative estimate of drug-likeness (QED) is 0.790. The van der Waals surface area contributed by atoms with Gasteiger partial charge in [0.2, 0.25) is 0 Å². The first-order valence-corrected chi connectivity index (χ1v) is 7.66. The van der Waals surface area contributed by atoms with Gasteiger partial charge in [-0.05, 0) is 37.2 Å². The molecule has 7 heteroatoms. The standard InChI is InChI=1S/C13H19N3O3S/c1-3-6-9-11(20-15-14-9)12(17)16-8-5-4-7-10(16)13(18)19-2/h10H,3-8H2,1-2H3/t10-/m1/s1. The zero-order valence-corrected chi connectivity index (χ0v) is 12.6. The average Bonchev–Trinajstić information content (AvgIpc) is 2.94. The normalized spacial score (nSPS) is 18.9. The van der Waals surface area contributed by atoms with Crippen molar-refractivity contribution in [1.29, 1.82) is 0 Å². The Kier molecular flexibility index (Phi) is 5.05. The SMILES string of the molecule is CCCc1nnsc1C(=O)N1CCCC[C@@H]1C(=O)OC. The number of ether oxygens (including phenoxy) is 1. The topological polar surface area (TPSA) is 72.4 Å². The van der Waals surface area contributed by atoms with Crippen molar-refractivity contribution < 1.29 is 14.3 Å². The number of aryl methyl sites for hydroxylation is 1. The number of carbonyl (C=O) groups excluding carboxylic acids is 2. The highest BCUT2D eigenvalue weighted by Crippen LogP contribution is 2.23. The van der Waals surface area contributed by atoms with Crippen molar-refractivity contribution >= 4 is 23.4 Å². The summed E-state index contributed by atoms with van der Waals surface area (Å²) in [7, 11) is 1.36. The predicted octanol–water partition coefficient (Wildman–Crippen LogP) is 1.66. The van der Waals surface area contributed by atoms with Crippen LogP contribution in [0.1, 0.15) is 48.0 Å². The van der Waals surface area contributed by atoms with Crippen LogP contribution in [0.15, 0.2) is 0 Å². The Bertz CT molecular complexity index is 489. The molecule has 1 aliphatic rings. The van der Waals surface area contributed by atoms with Crippen molar-refractivity contribution in [3.8, 4) is 0 Å². The number of piperidine rings is 1. The highest BCUT2D eigenvalue weighted by atomic mass is 32.1. The molecule has 0 aromatic carbocycles. The van der Waals surface area contributed by atoms with E-state index in [1.165, 1.54) is 7.11 Å². The summed E-state index contributed by atoms with van der Waals surface area (Å²) < 4.78 is 8.68. The number of nitrogens with zero attached hydrogens (tertiary/aromatic N) is 3. The molecule has 1 aliphatic heterocycles. The highest BCUT2D eigenvalue weighted by molar-refractivity contribution is 7.08. The van der Waals surface area contributed by atoms with Crippen LogP contribution in [0.2, 0.25) is 0 Å². The number of hydrogen-bond acceptors (Lipinski definition) is 6. The summed E-state index contributed by atoms with van der Waals surface area (Å²) in [5, 5.41) is 4.02. The van der Waals surface area contributed by atoms with E-state index in [-0.39, 0.29) is 11.9 Å². The zero-order valence-electron chi connectivity index (χ0n) is 11.8. The monoisotopic (exact) mass is 297 g/mol. The van der Waals surface area contributed by atoms with Crippen LogP contribution >= 0.6 is 11.5 Å². The molecule has 110 valence electrons. The third-order valence-electron chi connectivity index (χ3n) is 3.47. The number of methoxy groups -OCH3 is 1. The molecule has 0 unspecified atom stereocenters. The largest absolute Gasteiger partial charge is 0.467 e. The Labute approximate surface area is 122 Å². The lowest BCUT2D eigenvalue weighted by molar-refractivity contribution is -0.147. The fourth-order valence-corrected chi connectivity index (χ4v) is 3.12. The lowest BCUT2D eigenvalue weighted by Crippen LogP contribution is -2.48. The van der Waals surface area contributed by atoms with Crippen LogP contribution in [0.25, 0.3) is 0 Å². The number of carbonyl (C=O) groups is 2. The van der Waals surface area contributed by atoms with E-state index in [2.05, 4.69) is 9.59 Å². The first kappa shape index (κ1) is 14.9. The number of likely N-dealkylation sites (tertiary alicyclic amines) is 1. The van der Waals surface area contributed by atoms with Crippen LogP contribution < -0.4 is 0 Å². The van der Waals surface area contributed by atoms with Gasteiger partial charge in [0.15, 0.2) is 0 Å². The second-order valence-electron chi connectivity index (χ2n) is 4.83. The number of hydrogen-bond donors (Lipinski definition) is 0. The molecule has 0 saturated carbocycles. The van der Waals surface area contributed by atoms with Crippen LogP contribution in [0, 0.1) is 0 Å². The van der Waals surface area contributed by atoms with E-state index >= 15 is 0 Å². The van der Waals surface area contributed by atoms with E-state index in [1.807, 2.05) is 6.92 Å². The van der Waals surface area contributed by atoms with Crippen molar-refractivity contribution in [3.05, 3.63) is 10.6 Å². The molecule has 1 aromatic heterocycles. The first-order valence-electron chi connectivity index (χ1n) is 6.89. The molecule has 0 spiro atoms. The minimum Gasteiger partial charge on any atom is -0.467 e. The highest BCUT2D eigenvalue weighted by Gasteiger charge is 2.35. The summed E-state index contributed by atoms with van der Waals surface area (Å²) in [5.74, 6) is -0.480. The average molecular weight is 297 g/mol. The Morgan fingerprint density at radius 2 is 2.25 bits per heavy atom. The Hall–Kier alpha value is -1.50. The van der Waals surface area contributed by atoms with Crippen molar-refractivity contribution in [2.45, 2.75) is 45.1 Å². The minimum absolute atomic E-state index is 0.140. The van der Waals surface area contributed by atoms with Gasteiger partial charge < -0.3 is 9.64 Å². The molecule has 1 atom stereocenters. The molecule has 1 fully saturated rings. The molecule has 0 bridgehead atoms. The van der Waals surface area contributed by atoms with Crippen molar-refractivity contribution in [3.63, 3.8) is 0 Å². The van der Waals surface area contributed by atoms with E-state index < -0.39 is 6.04 Å². The smallest absolute Gasteiger partial charge is 0.328 e. The first-order chi connectivity index (χ1) is 9.69. The lowest BCUT2D eigenvalue weighted by Gasteiger charge is -2.33. The molecule has 20 heavy (non-hydrogen) atoms. The van der Waals surface area contributed by atoms with Gasteiger partial charge in [-0.1, -0.05) is 17.8 Å². The van der Waals surface area contributed by atoms with Gasteiger partial charge >= 0.3 is 5.97 Å². The predicted molar refractivity (Wildman–Crippen MR) is 74.6 cm³/mol. The molecule has 1 amide bonds. The molecule has 0 N–H and O–H groups in total. The molecule has 6 nitrogen and oxygen atoms in total. The number of esters is 1. The van der Waals surface area contributed by atoms with Gasteiger partial charge in [0, 0.05) is 6.54 Å². The third-order valence-corrected chi connectivity index (χ3v) is 4.23. The van der Waals surface area contributed by atoms with Gasteiger partial charge in [0.05, 0.1) is 12.8 Å². The summed E-state index contributed by atoms with van der Waals surface area (Å²) in [6.45, 7) is 2.62. The maximum absolute atomic E-state index is 12.6. The van der Waals surface area contributed by atoms with E-state index in [0.717, 1.165) is 42.9 Å². The molecular weight excluding hydrogens is 278 g/mol. The second kappa shape index (κ2) is 6.78. The Morgan fingerprint density at radius 1 is 1.45 bits per heavy atom. The molecule has 2 rings (SSSR count). The van der Waals surface area contributed by atoms with Gasteiger partial charge in [-0.2, -0.15) is 0 Å². The second-order valence-corrected chi connectivity index (χ2v) is 5.59. The molecule has 0 radical (unpaired) electrons. The van der Waals surface area contributed by atoms with E-state index in [1.54, 1.807) is 4.90 Å². The molecule has 1 saturated heterocycles. The molecule has 1 aromatic rings. The van der Waals surface area contributed by atoms with Crippen LogP contribution in [-0.4, -0.2) is 46.1 Å². The maximum Gasteiger partial charge on any atom is 0.328 e. The summed E-state index contributed by atoms with van der Waals surface area (Å²) in [5.41, 5.74) is 0.733. The van der Waals surface area contributed by atoms with Crippen LogP contribution in [-0.2, 0) is 16.0 Å².